The van der Waals surface area contributed by atoms with Gasteiger partial charge in [-0.05, 0) is 6.92 Å². The van der Waals surface area contributed by atoms with Gasteiger partial charge in [-0.2, -0.15) is 0 Å². The summed E-state index contributed by atoms with van der Waals surface area (Å²) in [6, 6.07) is -0.671. The van der Waals surface area contributed by atoms with E-state index in [9.17, 15) is 5.11 Å². The largest absolute Gasteiger partial charge is 0.391 e. The lowest BCUT2D eigenvalue weighted by molar-refractivity contribution is 0.164. The van der Waals surface area contributed by atoms with Gasteiger partial charge in [0.05, 0.1) is 22.2 Å². The molecule has 0 saturated heterocycles. The smallest absolute Gasteiger partial charge is 0.148 e. The van der Waals surface area contributed by atoms with Crippen LogP contribution in [-0.4, -0.2) is 16.2 Å². The zero-order chi connectivity index (χ0) is 10.9. The van der Waals surface area contributed by atoms with Crippen LogP contribution in [0.1, 0.15) is 18.5 Å². The van der Waals surface area contributed by atoms with Crippen molar-refractivity contribution >= 4 is 34.8 Å². The second kappa shape index (κ2) is 4.64. The van der Waals surface area contributed by atoms with Gasteiger partial charge in [0, 0.05) is 11.8 Å². The Morgan fingerprint density at radius 2 is 2.00 bits per heavy atom. The Bertz CT molecular complexity index is 344. The first kappa shape index (κ1) is 12.0. The third kappa shape index (κ3) is 2.30. The van der Waals surface area contributed by atoms with Gasteiger partial charge < -0.3 is 10.8 Å². The van der Waals surface area contributed by atoms with Crippen LogP contribution in [0.5, 0.6) is 0 Å². The van der Waals surface area contributed by atoms with E-state index < -0.39 is 12.1 Å². The van der Waals surface area contributed by atoms with Crippen LogP contribution in [-0.2, 0) is 0 Å². The van der Waals surface area contributed by atoms with Crippen molar-refractivity contribution < 1.29 is 5.11 Å². The summed E-state index contributed by atoms with van der Waals surface area (Å²) in [6.45, 7) is 1.55. The van der Waals surface area contributed by atoms with Gasteiger partial charge in [0.25, 0.3) is 0 Å². The molecule has 0 aliphatic carbocycles. The second-order valence-electron chi connectivity index (χ2n) is 2.89. The summed E-state index contributed by atoms with van der Waals surface area (Å²) in [5.41, 5.74) is 6.12. The van der Waals surface area contributed by atoms with E-state index in [0.29, 0.717) is 10.6 Å². The van der Waals surface area contributed by atoms with Crippen molar-refractivity contribution in [2.24, 2.45) is 5.73 Å². The second-order valence-corrected chi connectivity index (χ2v) is 4.03. The van der Waals surface area contributed by atoms with E-state index in [-0.39, 0.29) is 10.2 Å². The fourth-order valence-corrected chi connectivity index (χ4v) is 1.75. The molecule has 3 N–H and O–H groups in total. The number of hydrogen-bond acceptors (Lipinski definition) is 3. The maximum absolute atomic E-state index is 9.31. The van der Waals surface area contributed by atoms with E-state index in [1.54, 1.807) is 6.92 Å². The van der Waals surface area contributed by atoms with Gasteiger partial charge in [-0.1, -0.05) is 34.8 Å². The van der Waals surface area contributed by atoms with Crippen LogP contribution < -0.4 is 5.73 Å². The summed E-state index contributed by atoms with van der Waals surface area (Å²) in [7, 11) is 0. The number of hydrogen-bond donors (Lipinski definition) is 2. The van der Waals surface area contributed by atoms with Crippen molar-refractivity contribution in [3.05, 3.63) is 27.0 Å². The maximum atomic E-state index is 9.31. The Morgan fingerprint density at radius 3 is 2.50 bits per heavy atom. The topological polar surface area (TPSA) is 59.1 Å². The first-order chi connectivity index (χ1) is 6.45. The molecule has 0 saturated carbocycles. The van der Waals surface area contributed by atoms with E-state index in [1.165, 1.54) is 6.20 Å². The molecule has 14 heavy (non-hydrogen) atoms. The highest BCUT2D eigenvalue weighted by Gasteiger charge is 2.20. The minimum Gasteiger partial charge on any atom is -0.391 e. The summed E-state index contributed by atoms with van der Waals surface area (Å²) in [4.78, 5) is 3.74. The molecule has 0 spiro atoms. The van der Waals surface area contributed by atoms with Gasteiger partial charge in [0.2, 0.25) is 0 Å². The van der Waals surface area contributed by atoms with Crippen molar-refractivity contribution in [2.45, 2.75) is 19.1 Å². The molecule has 1 unspecified atom stereocenters. The van der Waals surface area contributed by atoms with Crippen molar-refractivity contribution in [2.75, 3.05) is 0 Å². The minimum absolute atomic E-state index is 0.127. The highest BCUT2D eigenvalue weighted by Crippen LogP contribution is 2.34. The summed E-state index contributed by atoms with van der Waals surface area (Å²) in [5, 5.41) is 9.92. The standard InChI is InChI=1S/C8H9Cl3N2O/c1-3(14)7(12)5-4(9)2-13-8(11)6(5)10/h2-3,7,14H,12H2,1H3/t3?,7-/m1/s1. The van der Waals surface area contributed by atoms with E-state index in [2.05, 4.69) is 4.98 Å². The van der Waals surface area contributed by atoms with E-state index in [1.807, 2.05) is 0 Å². The molecule has 0 amide bonds. The first-order valence-electron chi connectivity index (χ1n) is 3.88. The van der Waals surface area contributed by atoms with Crippen molar-refractivity contribution in [1.82, 2.24) is 4.98 Å². The first-order valence-corrected chi connectivity index (χ1v) is 5.01. The lowest BCUT2D eigenvalue weighted by Gasteiger charge is -2.18. The molecule has 0 bridgehead atoms. The SMILES string of the molecule is CC(O)[C@@H](N)c1c(Cl)cnc(Cl)c1Cl. The van der Waals surface area contributed by atoms with Crippen LogP contribution in [0.25, 0.3) is 0 Å². The average molecular weight is 256 g/mol. The van der Waals surface area contributed by atoms with Gasteiger partial charge in [0.15, 0.2) is 0 Å². The molecule has 78 valence electrons. The number of aliphatic hydroxyl groups excluding tert-OH is 1. The fourth-order valence-electron chi connectivity index (χ4n) is 1.00. The molecular weight excluding hydrogens is 246 g/mol. The summed E-state index contributed by atoms with van der Waals surface area (Å²) in [6.07, 6.45) is 0.594. The third-order valence-electron chi connectivity index (χ3n) is 1.82. The highest BCUT2D eigenvalue weighted by atomic mass is 35.5. The Kier molecular flexibility index (Phi) is 3.98. The molecule has 1 rings (SSSR count). The predicted octanol–water partition coefficient (Wildman–Crippen LogP) is 2.42. The zero-order valence-corrected chi connectivity index (χ0v) is 9.61. The molecule has 1 aromatic heterocycles. The Labute approximate surface area is 96.8 Å². The number of rotatable bonds is 2. The quantitative estimate of drug-likeness (QED) is 0.798. The van der Waals surface area contributed by atoms with Gasteiger partial charge in [-0.3, -0.25) is 0 Å². The number of halogens is 3. The molecule has 6 heteroatoms. The van der Waals surface area contributed by atoms with Crippen molar-refractivity contribution in [1.29, 1.82) is 0 Å². The van der Waals surface area contributed by atoms with Gasteiger partial charge in [0.1, 0.15) is 5.15 Å². The molecule has 2 atom stereocenters. The molecule has 0 fully saturated rings. The van der Waals surface area contributed by atoms with E-state index in [0.717, 1.165) is 0 Å². The monoisotopic (exact) mass is 254 g/mol. The zero-order valence-electron chi connectivity index (χ0n) is 7.34. The molecule has 0 aromatic carbocycles. The molecule has 1 aromatic rings. The van der Waals surface area contributed by atoms with Crippen LogP contribution in [0.3, 0.4) is 0 Å². The summed E-state index contributed by atoms with van der Waals surface area (Å²) in [5.74, 6) is 0. The predicted molar refractivity (Wildman–Crippen MR) is 57.9 cm³/mol. The minimum atomic E-state index is -0.761. The number of pyridine rings is 1. The van der Waals surface area contributed by atoms with Gasteiger partial charge in [-0.15, -0.1) is 0 Å². The molecule has 0 aliphatic heterocycles. The van der Waals surface area contributed by atoms with Crippen LogP contribution in [0.2, 0.25) is 15.2 Å². The normalized spacial score (nSPS) is 15.3. The lowest BCUT2D eigenvalue weighted by Crippen LogP contribution is -2.24. The van der Waals surface area contributed by atoms with Crippen molar-refractivity contribution in [3.63, 3.8) is 0 Å². The van der Waals surface area contributed by atoms with Gasteiger partial charge >= 0.3 is 0 Å². The lowest BCUT2D eigenvalue weighted by atomic mass is 10.1. The summed E-state index contributed by atoms with van der Waals surface area (Å²) >= 11 is 17.4. The van der Waals surface area contributed by atoms with Gasteiger partial charge in [-0.25, -0.2) is 4.98 Å². The average Bonchev–Trinajstić information content (AvgIpc) is 2.12. The van der Waals surface area contributed by atoms with Crippen LogP contribution in [0.15, 0.2) is 6.20 Å². The van der Waals surface area contributed by atoms with E-state index >= 15 is 0 Å². The van der Waals surface area contributed by atoms with Crippen LogP contribution >= 0.6 is 34.8 Å². The number of aliphatic hydroxyl groups is 1. The fraction of sp³-hybridized carbons (Fsp3) is 0.375. The number of nitrogens with two attached hydrogens (primary N) is 1. The Hall–Kier alpha value is -0.0600. The molecule has 0 radical (unpaired) electrons. The third-order valence-corrected chi connectivity index (χ3v) is 2.89. The van der Waals surface area contributed by atoms with Crippen molar-refractivity contribution in [3.8, 4) is 0 Å². The highest BCUT2D eigenvalue weighted by molar-refractivity contribution is 6.43. The van der Waals surface area contributed by atoms with Crippen LogP contribution in [0.4, 0.5) is 0 Å². The molecule has 0 aliphatic rings. The Balaban J connectivity index is 3.25. The molecule has 3 nitrogen and oxygen atoms in total. The molecule has 1 heterocycles. The number of aromatic nitrogens is 1. The maximum Gasteiger partial charge on any atom is 0.148 e. The number of nitrogens with zero attached hydrogens (tertiary/aromatic N) is 1. The summed E-state index contributed by atoms with van der Waals surface area (Å²) < 4.78 is 0. The van der Waals surface area contributed by atoms with E-state index in [4.69, 9.17) is 40.5 Å². The Morgan fingerprint density at radius 1 is 1.43 bits per heavy atom. The molecular formula is C8H9Cl3N2O. The van der Waals surface area contributed by atoms with Crippen LogP contribution in [0, 0.1) is 0 Å².